The van der Waals surface area contributed by atoms with Crippen LogP contribution in [0.1, 0.15) is 52.7 Å². The first-order valence-corrected chi connectivity index (χ1v) is 19.2. The van der Waals surface area contributed by atoms with Crippen molar-refractivity contribution in [3.05, 3.63) is 54.1 Å². The summed E-state index contributed by atoms with van der Waals surface area (Å²) in [5, 5.41) is 10.7. The second kappa shape index (κ2) is 19.1. The number of methoxy groups -OCH3 is 1. The molecule has 1 aromatic rings. The molecule has 0 aliphatic rings. The normalized spacial score (nSPS) is 15.8. The van der Waals surface area contributed by atoms with Gasteiger partial charge in [0.15, 0.2) is 8.32 Å². The van der Waals surface area contributed by atoms with E-state index in [-0.39, 0.29) is 12.4 Å². The topological polar surface area (TPSA) is 74.2 Å². The lowest BCUT2D eigenvalue weighted by Gasteiger charge is -2.44. The summed E-state index contributed by atoms with van der Waals surface area (Å²) in [6, 6.07) is 4.25. The number of halogens is 17. The average Bonchev–Trinajstić information content (AvgIpc) is 3.10. The van der Waals surface area contributed by atoms with Crippen molar-refractivity contribution in [2.45, 2.75) is 118 Å². The second-order valence-electron chi connectivity index (χ2n) is 13.3. The molecule has 0 saturated carbocycles. The van der Waals surface area contributed by atoms with E-state index >= 15 is 0 Å². The Labute approximate surface area is 322 Å². The van der Waals surface area contributed by atoms with Crippen molar-refractivity contribution in [2.75, 3.05) is 26.9 Å². The largest absolute Gasteiger partial charge is 0.491 e. The monoisotopic (exact) mass is 896 g/mol. The molecule has 58 heavy (non-hydrogen) atoms. The van der Waals surface area contributed by atoms with Gasteiger partial charge in [0.05, 0.1) is 13.2 Å². The molecule has 0 radical (unpaired) electrons. The van der Waals surface area contributed by atoms with E-state index in [9.17, 15) is 84.5 Å². The van der Waals surface area contributed by atoms with E-state index in [4.69, 9.17) is 18.6 Å². The number of aliphatic hydroxyl groups excluding tert-OH is 1. The van der Waals surface area contributed by atoms with Gasteiger partial charge in [0.1, 0.15) is 24.6 Å². The van der Waals surface area contributed by atoms with Crippen molar-refractivity contribution in [1.82, 2.24) is 0 Å². The van der Waals surface area contributed by atoms with Gasteiger partial charge >= 0.3 is 53.6 Å². The smallest absolute Gasteiger partial charge is 0.460 e. The highest BCUT2D eigenvalue weighted by Gasteiger charge is 2.95. The first-order valence-electron chi connectivity index (χ1n) is 16.9. The maximum Gasteiger partial charge on any atom is 0.460 e. The number of allylic oxidation sites excluding steroid dienone is 2. The van der Waals surface area contributed by atoms with Crippen LogP contribution in [0.15, 0.2) is 48.6 Å². The van der Waals surface area contributed by atoms with Crippen LogP contribution in [0.4, 0.5) is 74.6 Å². The lowest BCUT2D eigenvalue weighted by Crippen LogP contribution is -2.74. The number of esters is 1. The number of alkyl halides is 17. The standard InChI is InChI=1S/C34H41F17O6Si/c1-7-55-25(52)11-9-8-10-24(54-6)26(53)22-12-14-23(15-13-22)56-17-18-57-58(20(2)3,21(4)5)19-16-27(35,36)28(37,38)29(39,40)30(41,42)31(43,44)32(45,46)33(47,48)34(49,50)51/h8-15,20-21,24,26,53H,7,16-19H2,1-6H3/b10-8+,11-9+/t24-,26-/m0/s1. The Morgan fingerprint density at radius 2 is 1.17 bits per heavy atom. The van der Waals surface area contributed by atoms with Crippen molar-refractivity contribution in [3.63, 3.8) is 0 Å². The zero-order valence-electron chi connectivity index (χ0n) is 31.4. The minimum atomic E-state index is -8.69. The van der Waals surface area contributed by atoms with Crippen molar-refractivity contribution in [1.29, 1.82) is 0 Å². The molecule has 0 aromatic heterocycles. The SMILES string of the molecule is CCOC(=O)/C=C/C=C/[C@H](OC)[C@@H](O)c1ccc(OCCO[Si](CCC(F)(F)C(F)(F)C(F)(F)C(F)(F)C(F)(F)C(F)(F)C(F)(F)C(F)(F)F)(C(C)C)C(C)C)cc1. The van der Waals surface area contributed by atoms with Crippen LogP contribution < -0.4 is 4.74 Å². The molecule has 0 unspecified atom stereocenters. The molecule has 24 heteroatoms. The third kappa shape index (κ3) is 10.4. The molecule has 6 nitrogen and oxygen atoms in total. The van der Waals surface area contributed by atoms with Gasteiger partial charge in [-0.1, -0.05) is 58.1 Å². The van der Waals surface area contributed by atoms with Gasteiger partial charge in [0.25, 0.3) is 0 Å². The number of carbonyl (C=O) groups is 1. The lowest BCUT2D eigenvalue weighted by molar-refractivity contribution is -0.461. The number of hydrogen-bond acceptors (Lipinski definition) is 6. The zero-order valence-corrected chi connectivity index (χ0v) is 32.4. The third-order valence-corrected chi connectivity index (χ3v) is 14.7. The summed E-state index contributed by atoms with van der Waals surface area (Å²) in [5.74, 6) is -57.2. The minimum Gasteiger partial charge on any atom is -0.491 e. The maximum atomic E-state index is 14.9. The number of aliphatic hydroxyl groups is 1. The predicted molar refractivity (Wildman–Crippen MR) is 175 cm³/mol. The molecule has 1 N–H and O–H groups in total. The second-order valence-corrected chi connectivity index (χ2v) is 18.3. The molecule has 0 spiro atoms. The van der Waals surface area contributed by atoms with Gasteiger partial charge in [0.2, 0.25) is 0 Å². The van der Waals surface area contributed by atoms with Gasteiger partial charge in [-0.2, -0.15) is 74.6 Å². The van der Waals surface area contributed by atoms with Crippen LogP contribution in [-0.2, 0) is 18.7 Å². The zero-order chi connectivity index (χ0) is 45.6. The van der Waals surface area contributed by atoms with Crippen LogP contribution in [-0.4, -0.2) is 100 Å². The van der Waals surface area contributed by atoms with E-state index < -0.39 is 111 Å². The van der Waals surface area contributed by atoms with Gasteiger partial charge in [-0.05, 0) is 41.7 Å². The molecule has 0 heterocycles. The van der Waals surface area contributed by atoms with E-state index in [1.54, 1.807) is 6.92 Å². The van der Waals surface area contributed by atoms with Gasteiger partial charge in [-0.3, -0.25) is 0 Å². The van der Waals surface area contributed by atoms with Crippen molar-refractivity contribution < 1.29 is 103 Å². The molecule has 0 aliphatic carbocycles. The molecule has 1 aromatic carbocycles. The summed E-state index contributed by atoms with van der Waals surface area (Å²) in [6.45, 7) is 6.15. The molecule has 0 amide bonds. The lowest BCUT2D eigenvalue weighted by atomic mass is 9.88. The summed E-state index contributed by atoms with van der Waals surface area (Å²) in [4.78, 5) is 11.4. The minimum absolute atomic E-state index is 0.132. The average molecular weight is 897 g/mol. The van der Waals surface area contributed by atoms with E-state index in [1.807, 2.05) is 0 Å². The molecule has 0 aliphatic heterocycles. The molecular formula is C34H41F17O6Si. The van der Waals surface area contributed by atoms with Gasteiger partial charge in [-0.15, -0.1) is 0 Å². The highest BCUT2D eigenvalue weighted by molar-refractivity contribution is 6.76. The van der Waals surface area contributed by atoms with Gasteiger partial charge < -0.3 is 23.7 Å². The number of carbonyl (C=O) groups excluding carboxylic acids is 1. The van der Waals surface area contributed by atoms with Crippen LogP contribution in [0.5, 0.6) is 5.75 Å². The molecule has 0 fully saturated rings. The predicted octanol–water partition coefficient (Wildman–Crippen LogP) is 11.0. The Balaban J connectivity index is 3.19. The van der Waals surface area contributed by atoms with Gasteiger partial charge in [0, 0.05) is 19.6 Å². The summed E-state index contributed by atoms with van der Waals surface area (Å²) < 4.78 is 255. The molecule has 0 bridgehead atoms. The van der Waals surface area contributed by atoms with Crippen LogP contribution in [0.3, 0.4) is 0 Å². The number of rotatable bonds is 23. The van der Waals surface area contributed by atoms with Gasteiger partial charge in [-0.25, -0.2) is 4.79 Å². The van der Waals surface area contributed by atoms with Crippen LogP contribution in [0.2, 0.25) is 17.1 Å². The van der Waals surface area contributed by atoms with Crippen LogP contribution >= 0.6 is 0 Å². The third-order valence-electron chi connectivity index (χ3n) is 9.03. The maximum absolute atomic E-state index is 14.9. The van der Waals surface area contributed by atoms with E-state index in [0.717, 1.165) is 6.08 Å². The highest BCUT2D eigenvalue weighted by Crippen LogP contribution is 2.64. The molecule has 1 rings (SSSR count). The van der Waals surface area contributed by atoms with E-state index in [1.165, 1.54) is 77.3 Å². The number of benzene rings is 1. The molecule has 0 saturated heterocycles. The molecular weight excluding hydrogens is 855 g/mol. The first-order chi connectivity index (χ1) is 26.1. The molecule has 2 atom stereocenters. The highest BCUT2D eigenvalue weighted by atomic mass is 28.4. The summed E-state index contributed by atoms with van der Waals surface area (Å²) in [6.07, 6.45) is -7.16. The van der Waals surface area contributed by atoms with Crippen LogP contribution in [0, 0.1) is 0 Å². The summed E-state index contributed by atoms with van der Waals surface area (Å²) >= 11 is 0. The fourth-order valence-electron chi connectivity index (χ4n) is 5.51. The van der Waals surface area contributed by atoms with E-state index in [0.29, 0.717) is 5.56 Å². The Kier molecular flexibility index (Phi) is 17.4. The quantitative estimate of drug-likeness (QED) is 0.0295. The van der Waals surface area contributed by atoms with Crippen molar-refractivity contribution in [3.8, 4) is 5.75 Å². The Morgan fingerprint density at radius 1 is 0.707 bits per heavy atom. The van der Waals surface area contributed by atoms with Crippen molar-refractivity contribution in [2.24, 2.45) is 0 Å². The Morgan fingerprint density at radius 3 is 1.60 bits per heavy atom. The molecule has 336 valence electrons. The Bertz CT molecular complexity index is 1520. The summed E-state index contributed by atoms with van der Waals surface area (Å²) in [7, 11) is -2.66. The fourth-order valence-corrected chi connectivity index (χ4v) is 9.98. The van der Waals surface area contributed by atoms with Crippen LogP contribution in [0.25, 0.3) is 0 Å². The summed E-state index contributed by atoms with van der Waals surface area (Å²) in [5.41, 5.74) is -1.41. The van der Waals surface area contributed by atoms with Crippen molar-refractivity contribution >= 4 is 14.3 Å². The first kappa shape index (κ1) is 52.9. The number of ether oxygens (including phenoxy) is 3. The fraction of sp³-hybridized carbons (Fsp3) is 0.676. The Hall–Kier alpha value is -3.12. The number of hydrogen-bond donors (Lipinski definition) is 1. The van der Waals surface area contributed by atoms with E-state index in [2.05, 4.69) is 0 Å².